The SMILES string of the molecule is CCc1nc(C2(c3ccc(F)cc3Cl)CC2)no1. The predicted octanol–water partition coefficient (Wildman–Crippen LogP) is 3.50. The van der Waals surface area contributed by atoms with Gasteiger partial charge in [0.25, 0.3) is 0 Å². The Morgan fingerprint density at radius 1 is 1.44 bits per heavy atom. The van der Waals surface area contributed by atoms with Crippen molar-refractivity contribution in [1.29, 1.82) is 0 Å². The van der Waals surface area contributed by atoms with E-state index in [4.69, 9.17) is 16.1 Å². The topological polar surface area (TPSA) is 38.9 Å². The van der Waals surface area contributed by atoms with E-state index in [1.165, 1.54) is 12.1 Å². The summed E-state index contributed by atoms with van der Waals surface area (Å²) in [6, 6.07) is 4.46. The summed E-state index contributed by atoms with van der Waals surface area (Å²) in [5.41, 5.74) is 0.607. The van der Waals surface area contributed by atoms with Gasteiger partial charge >= 0.3 is 0 Å². The summed E-state index contributed by atoms with van der Waals surface area (Å²) in [5.74, 6) is 0.948. The zero-order chi connectivity index (χ0) is 12.8. The van der Waals surface area contributed by atoms with Gasteiger partial charge in [0, 0.05) is 11.4 Å². The van der Waals surface area contributed by atoms with Gasteiger partial charge in [0.05, 0.1) is 5.41 Å². The zero-order valence-corrected chi connectivity index (χ0v) is 10.7. The zero-order valence-electron chi connectivity index (χ0n) is 9.91. The van der Waals surface area contributed by atoms with Gasteiger partial charge in [0.15, 0.2) is 5.82 Å². The lowest BCUT2D eigenvalue weighted by molar-refractivity contribution is 0.374. The molecular weight excluding hydrogens is 255 g/mol. The molecule has 3 nitrogen and oxygen atoms in total. The van der Waals surface area contributed by atoms with Gasteiger partial charge in [0.2, 0.25) is 5.89 Å². The van der Waals surface area contributed by atoms with Crippen LogP contribution in [0.2, 0.25) is 5.02 Å². The van der Waals surface area contributed by atoms with Crippen molar-refractivity contribution in [2.24, 2.45) is 0 Å². The molecule has 1 aromatic carbocycles. The second-order valence-corrected chi connectivity index (χ2v) is 4.98. The van der Waals surface area contributed by atoms with Gasteiger partial charge in [-0.1, -0.05) is 29.7 Å². The molecule has 0 N–H and O–H groups in total. The summed E-state index contributed by atoms with van der Waals surface area (Å²) in [4.78, 5) is 4.37. The van der Waals surface area contributed by atoms with Crippen LogP contribution in [-0.4, -0.2) is 10.1 Å². The number of aromatic nitrogens is 2. The van der Waals surface area contributed by atoms with Crippen molar-refractivity contribution in [2.75, 3.05) is 0 Å². The Bertz CT molecular complexity index is 592. The van der Waals surface area contributed by atoms with Crippen molar-refractivity contribution in [3.8, 4) is 0 Å². The molecule has 0 radical (unpaired) electrons. The molecule has 94 valence electrons. The predicted molar refractivity (Wildman–Crippen MR) is 65.1 cm³/mol. The van der Waals surface area contributed by atoms with Crippen LogP contribution in [-0.2, 0) is 11.8 Å². The van der Waals surface area contributed by atoms with Crippen LogP contribution >= 0.6 is 11.6 Å². The maximum Gasteiger partial charge on any atom is 0.226 e. The molecule has 1 saturated carbocycles. The molecule has 0 unspecified atom stereocenters. The van der Waals surface area contributed by atoms with E-state index in [9.17, 15) is 4.39 Å². The van der Waals surface area contributed by atoms with Crippen molar-refractivity contribution < 1.29 is 8.91 Å². The van der Waals surface area contributed by atoms with E-state index >= 15 is 0 Å². The third-order valence-corrected chi connectivity index (χ3v) is 3.71. The Hall–Kier alpha value is -1.42. The quantitative estimate of drug-likeness (QED) is 0.853. The molecule has 1 aliphatic rings. The van der Waals surface area contributed by atoms with Crippen molar-refractivity contribution in [3.05, 3.63) is 46.3 Å². The third-order valence-electron chi connectivity index (χ3n) is 3.40. The van der Waals surface area contributed by atoms with Crippen LogP contribution < -0.4 is 0 Å². The normalized spacial score (nSPS) is 16.8. The maximum atomic E-state index is 13.1. The van der Waals surface area contributed by atoms with Gasteiger partial charge in [-0.05, 0) is 30.5 Å². The maximum absolute atomic E-state index is 13.1. The monoisotopic (exact) mass is 266 g/mol. The van der Waals surface area contributed by atoms with Crippen molar-refractivity contribution in [3.63, 3.8) is 0 Å². The van der Waals surface area contributed by atoms with Gasteiger partial charge in [-0.3, -0.25) is 0 Å². The third kappa shape index (κ3) is 1.72. The first-order valence-electron chi connectivity index (χ1n) is 5.94. The minimum absolute atomic E-state index is 0.276. The number of aryl methyl sites for hydroxylation is 1. The summed E-state index contributed by atoms with van der Waals surface area (Å²) in [7, 11) is 0. The van der Waals surface area contributed by atoms with Crippen LogP contribution in [0.3, 0.4) is 0 Å². The number of hydrogen-bond donors (Lipinski definition) is 0. The van der Waals surface area contributed by atoms with E-state index in [1.54, 1.807) is 6.07 Å². The van der Waals surface area contributed by atoms with Crippen molar-refractivity contribution in [2.45, 2.75) is 31.6 Å². The lowest BCUT2D eigenvalue weighted by atomic mass is 9.95. The van der Waals surface area contributed by atoms with Gasteiger partial charge in [-0.25, -0.2) is 4.39 Å². The largest absolute Gasteiger partial charge is 0.339 e. The van der Waals surface area contributed by atoms with Crippen LogP contribution in [0.15, 0.2) is 22.7 Å². The Kier molecular flexibility index (Phi) is 2.63. The average molecular weight is 267 g/mol. The second kappa shape index (κ2) is 4.05. The summed E-state index contributed by atoms with van der Waals surface area (Å²) in [5, 5.41) is 4.45. The molecule has 1 aromatic heterocycles. The Morgan fingerprint density at radius 2 is 2.22 bits per heavy atom. The second-order valence-electron chi connectivity index (χ2n) is 4.57. The molecule has 0 aliphatic heterocycles. The first-order chi connectivity index (χ1) is 8.65. The van der Waals surface area contributed by atoms with E-state index in [2.05, 4.69) is 10.1 Å². The number of hydrogen-bond acceptors (Lipinski definition) is 3. The minimum Gasteiger partial charge on any atom is -0.339 e. The highest BCUT2D eigenvalue weighted by atomic mass is 35.5. The minimum atomic E-state index is -0.332. The smallest absolute Gasteiger partial charge is 0.226 e. The molecule has 5 heteroatoms. The number of benzene rings is 1. The standard InChI is InChI=1S/C13H12ClFN2O/c1-2-11-16-12(17-18-11)13(5-6-13)9-4-3-8(15)7-10(9)14/h3-4,7H,2,5-6H2,1H3. The Balaban J connectivity index is 2.04. The van der Waals surface area contributed by atoms with Gasteiger partial charge in [-0.15, -0.1) is 0 Å². The van der Waals surface area contributed by atoms with Crippen LogP contribution in [0.4, 0.5) is 4.39 Å². The van der Waals surface area contributed by atoms with Crippen LogP contribution in [0.1, 0.15) is 37.0 Å². The van der Waals surface area contributed by atoms with Gasteiger partial charge in [-0.2, -0.15) is 4.98 Å². The Morgan fingerprint density at radius 3 is 2.78 bits per heavy atom. The number of nitrogens with zero attached hydrogens (tertiary/aromatic N) is 2. The van der Waals surface area contributed by atoms with E-state index in [0.29, 0.717) is 23.2 Å². The first-order valence-corrected chi connectivity index (χ1v) is 6.32. The highest BCUT2D eigenvalue weighted by molar-refractivity contribution is 6.31. The molecule has 0 saturated heterocycles. The highest BCUT2D eigenvalue weighted by Gasteiger charge is 2.51. The number of rotatable bonds is 3. The highest BCUT2D eigenvalue weighted by Crippen LogP contribution is 2.54. The summed E-state index contributed by atoms with van der Waals surface area (Å²) in [6.45, 7) is 1.96. The van der Waals surface area contributed by atoms with Gasteiger partial charge < -0.3 is 4.52 Å². The molecular formula is C13H12ClFN2O. The fourth-order valence-electron chi connectivity index (χ4n) is 2.21. The fourth-order valence-corrected chi connectivity index (χ4v) is 2.56. The first kappa shape index (κ1) is 11.7. The fraction of sp³-hybridized carbons (Fsp3) is 0.385. The molecule has 18 heavy (non-hydrogen) atoms. The van der Waals surface area contributed by atoms with Crippen LogP contribution in [0, 0.1) is 5.82 Å². The summed E-state index contributed by atoms with van der Waals surface area (Å²) in [6.07, 6.45) is 2.54. The van der Waals surface area contributed by atoms with E-state index in [0.717, 1.165) is 18.4 Å². The molecule has 0 bridgehead atoms. The molecule has 1 aliphatic carbocycles. The molecule has 0 spiro atoms. The molecule has 1 fully saturated rings. The molecule has 2 aromatic rings. The average Bonchev–Trinajstić information content (AvgIpc) is 3.00. The van der Waals surface area contributed by atoms with Crippen molar-refractivity contribution in [1.82, 2.24) is 10.1 Å². The van der Waals surface area contributed by atoms with Crippen molar-refractivity contribution >= 4 is 11.6 Å². The van der Waals surface area contributed by atoms with E-state index in [1.807, 2.05) is 6.92 Å². The lowest BCUT2D eigenvalue weighted by Gasteiger charge is -2.12. The van der Waals surface area contributed by atoms with Crippen LogP contribution in [0.25, 0.3) is 0 Å². The van der Waals surface area contributed by atoms with E-state index < -0.39 is 0 Å². The Labute approximate surface area is 109 Å². The molecule has 3 rings (SSSR count). The van der Waals surface area contributed by atoms with Crippen LogP contribution in [0.5, 0.6) is 0 Å². The molecule has 1 heterocycles. The van der Waals surface area contributed by atoms with Gasteiger partial charge in [0.1, 0.15) is 5.82 Å². The molecule has 0 amide bonds. The summed E-state index contributed by atoms with van der Waals surface area (Å²) < 4.78 is 18.2. The summed E-state index contributed by atoms with van der Waals surface area (Å²) >= 11 is 6.12. The molecule has 0 atom stereocenters. The number of halogens is 2. The lowest BCUT2D eigenvalue weighted by Crippen LogP contribution is -2.11. The van der Waals surface area contributed by atoms with E-state index in [-0.39, 0.29) is 11.2 Å².